The average Bonchev–Trinajstić information content (AvgIpc) is 2.39. The number of nitrogens with one attached hydrogen (secondary N) is 1. The van der Waals surface area contributed by atoms with Crippen molar-refractivity contribution in [3.63, 3.8) is 0 Å². The molecule has 0 saturated heterocycles. The zero-order valence-corrected chi connectivity index (χ0v) is 11.2. The Bertz CT molecular complexity index is 379. The highest BCUT2D eigenvalue weighted by molar-refractivity contribution is 5.77. The molecular weight excluding hydrogens is 230 g/mol. The lowest BCUT2D eigenvalue weighted by atomic mass is 10.0. The van der Waals surface area contributed by atoms with Crippen LogP contribution in [-0.2, 0) is 14.3 Å². The third kappa shape index (κ3) is 4.47. The minimum atomic E-state index is -0.128. The van der Waals surface area contributed by atoms with E-state index in [9.17, 15) is 4.79 Å². The third-order valence-corrected chi connectivity index (χ3v) is 2.74. The summed E-state index contributed by atoms with van der Waals surface area (Å²) in [5.41, 5.74) is 2.25. The van der Waals surface area contributed by atoms with Crippen LogP contribution in [0.2, 0.25) is 0 Å². The van der Waals surface area contributed by atoms with E-state index in [1.807, 2.05) is 38.1 Å². The Balaban J connectivity index is 2.53. The van der Waals surface area contributed by atoms with Gasteiger partial charge in [0.05, 0.1) is 6.10 Å². The van der Waals surface area contributed by atoms with Gasteiger partial charge in [-0.25, -0.2) is 0 Å². The van der Waals surface area contributed by atoms with Crippen molar-refractivity contribution in [3.05, 3.63) is 35.4 Å². The quantitative estimate of drug-likeness (QED) is 0.804. The zero-order valence-electron chi connectivity index (χ0n) is 11.2. The first kappa shape index (κ1) is 14.7. The van der Waals surface area contributed by atoms with Crippen molar-refractivity contribution in [3.8, 4) is 0 Å². The zero-order chi connectivity index (χ0) is 13.4. The topological polar surface area (TPSA) is 47.6 Å². The Morgan fingerprint density at radius 2 is 2.11 bits per heavy atom. The van der Waals surface area contributed by atoms with E-state index in [2.05, 4.69) is 5.32 Å². The van der Waals surface area contributed by atoms with Gasteiger partial charge in [0, 0.05) is 20.3 Å². The molecule has 4 heteroatoms. The Morgan fingerprint density at radius 3 is 2.72 bits per heavy atom. The molecule has 1 unspecified atom stereocenters. The SMILES string of the molecule is CCOCC(=O)NCC(OC)c1ccccc1C. The Morgan fingerprint density at radius 1 is 1.39 bits per heavy atom. The molecule has 100 valence electrons. The number of aryl methyl sites for hydroxylation is 1. The van der Waals surface area contributed by atoms with Gasteiger partial charge in [0.2, 0.25) is 5.91 Å². The molecule has 0 radical (unpaired) electrons. The first-order valence-electron chi connectivity index (χ1n) is 6.11. The number of methoxy groups -OCH3 is 1. The molecular formula is C14H21NO3. The number of carbonyl (C=O) groups is 1. The fourth-order valence-corrected chi connectivity index (χ4v) is 1.72. The molecule has 1 atom stereocenters. The summed E-state index contributed by atoms with van der Waals surface area (Å²) in [7, 11) is 1.64. The number of amides is 1. The summed E-state index contributed by atoms with van der Waals surface area (Å²) in [6, 6.07) is 8.00. The van der Waals surface area contributed by atoms with E-state index in [-0.39, 0.29) is 18.6 Å². The molecule has 0 aliphatic rings. The van der Waals surface area contributed by atoms with E-state index < -0.39 is 0 Å². The lowest BCUT2D eigenvalue weighted by molar-refractivity contribution is -0.126. The number of hydrogen-bond donors (Lipinski definition) is 1. The monoisotopic (exact) mass is 251 g/mol. The lowest BCUT2D eigenvalue weighted by Crippen LogP contribution is -2.32. The van der Waals surface area contributed by atoms with Crippen LogP contribution in [0, 0.1) is 6.92 Å². The Hall–Kier alpha value is -1.39. The smallest absolute Gasteiger partial charge is 0.246 e. The maximum atomic E-state index is 11.4. The molecule has 1 amide bonds. The molecule has 0 aromatic heterocycles. The van der Waals surface area contributed by atoms with Gasteiger partial charge < -0.3 is 14.8 Å². The van der Waals surface area contributed by atoms with Crippen LogP contribution in [0.15, 0.2) is 24.3 Å². The standard InChI is InChI=1S/C14H21NO3/c1-4-18-10-14(16)15-9-13(17-3)12-8-6-5-7-11(12)2/h5-8,13H,4,9-10H2,1-3H3,(H,15,16). The molecule has 0 bridgehead atoms. The number of benzene rings is 1. The number of rotatable bonds is 7. The highest BCUT2D eigenvalue weighted by atomic mass is 16.5. The minimum Gasteiger partial charge on any atom is -0.375 e. The molecule has 0 heterocycles. The molecule has 1 N–H and O–H groups in total. The summed E-state index contributed by atoms with van der Waals surface area (Å²) < 4.78 is 10.5. The van der Waals surface area contributed by atoms with Crippen molar-refractivity contribution in [2.75, 3.05) is 26.9 Å². The van der Waals surface area contributed by atoms with Crippen LogP contribution in [0.1, 0.15) is 24.2 Å². The van der Waals surface area contributed by atoms with Gasteiger partial charge in [-0.1, -0.05) is 24.3 Å². The van der Waals surface area contributed by atoms with Crippen LogP contribution in [-0.4, -0.2) is 32.8 Å². The Kier molecular flexibility index (Phi) is 6.39. The summed E-state index contributed by atoms with van der Waals surface area (Å²) in [5, 5.41) is 2.81. The highest BCUT2D eigenvalue weighted by Crippen LogP contribution is 2.19. The van der Waals surface area contributed by atoms with Crippen molar-refractivity contribution in [1.82, 2.24) is 5.32 Å². The molecule has 1 aromatic rings. The molecule has 4 nitrogen and oxygen atoms in total. The van der Waals surface area contributed by atoms with Crippen LogP contribution < -0.4 is 5.32 Å². The van der Waals surface area contributed by atoms with Crippen molar-refractivity contribution >= 4 is 5.91 Å². The molecule has 0 aliphatic carbocycles. The second kappa shape index (κ2) is 7.84. The van der Waals surface area contributed by atoms with Gasteiger partial charge in [-0.3, -0.25) is 4.79 Å². The first-order valence-corrected chi connectivity index (χ1v) is 6.11. The predicted octanol–water partition coefficient (Wildman–Crippen LogP) is 1.84. The van der Waals surface area contributed by atoms with Crippen LogP contribution in [0.25, 0.3) is 0 Å². The normalized spacial score (nSPS) is 12.2. The molecule has 0 fully saturated rings. The van der Waals surface area contributed by atoms with E-state index in [1.54, 1.807) is 7.11 Å². The van der Waals surface area contributed by atoms with Gasteiger partial charge in [-0.05, 0) is 25.0 Å². The predicted molar refractivity (Wildman–Crippen MR) is 70.4 cm³/mol. The van der Waals surface area contributed by atoms with Crippen LogP contribution in [0.5, 0.6) is 0 Å². The van der Waals surface area contributed by atoms with Gasteiger partial charge in [-0.2, -0.15) is 0 Å². The maximum absolute atomic E-state index is 11.4. The summed E-state index contributed by atoms with van der Waals surface area (Å²) in [5.74, 6) is -0.118. The average molecular weight is 251 g/mol. The number of hydrogen-bond acceptors (Lipinski definition) is 3. The second-order valence-electron chi connectivity index (χ2n) is 4.02. The van der Waals surface area contributed by atoms with Crippen LogP contribution in [0.3, 0.4) is 0 Å². The maximum Gasteiger partial charge on any atom is 0.246 e. The van der Waals surface area contributed by atoms with Crippen LogP contribution in [0.4, 0.5) is 0 Å². The highest BCUT2D eigenvalue weighted by Gasteiger charge is 2.13. The summed E-state index contributed by atoms with van der Waals surface area (Å²) in [4.78, 5) is 11.4. The fourth-order valence-electron chi connectivity index (χ4n) is 1.72. The lowest BCUT2D eigenvalue weighted by Gasteiger charge is -2.18. The largest absolute Gasteiger partial charge is 0.375 e. The van der Waals surface area contributed by atoms with Gasteiger partial charge >= 0.3 is 0 Å². The first-order chi connectivity index (χ1) is 8.69. The van der Waals surface area contributed by atoms with Crippen molar-refractivity contribution in [2.24, 2.45) is 0 Å². The van der Waals surface area contributed by atoms with E-state index in [0.29, 0.717) is 13.2 Å². The van der Waals surface area contributed by atoms with E-state index in [1.165, 1.54) is 0 Å². The molecule has 0 saturated carbocycles. The summed E-state index contributed by atoms with van der Waals surface area (Å²) in [6.07, 6.45) is -0.128. The summed E-state index contributed by atoms with van der Waals surface area (Å²) >= 11 is 0. The molecule has 0 aliphatic heterocycles. The Labute approximate surface area is 108 Å². The van der Waals surface area contributed by atoms with Crippen molar-refractivity contribution in [2.45, 2.75) is 20.0 Å². The molecule has 1 rings (SSSR count). The summed E-state index contributed by atoms with van der Waals surface area (Å²) in [6.45, 7) is 4.98. The van der Waals surface area contributed by atoms with Crippen molar-refractivity contribution < 1.29 is 14.3 Å². The van der Waals surface area contributed by atoms with E-state index >= 15 is 0 Å². The second-order valence-corrected chi connectivity index (χ2v) is 4.02. The van der Waals surface area contributed by atoms with Gasteiger partial charge in [0.1, 0.15) is 6.61 Å². The third-order valence-electron chi connectivity index (χ3n) is 2.74. The van der Waals surface area contributed by atoms with Gasteiger partial charge in [0.15, 0.2) is 0 Å². The number of ether oxygens (including phenoxy) is 2. The van der Waals surface area contributed by atoms with Crippen LogP contribution >= 0.6 is 0 Å². The molecule has 0 spiro atoms. The van der Waals surface area contributed by atoms with E-state index in [4.69, 9.17) is 9.47 Å². The van der Waals surface area contributed by atoms with E-state index in [0.717, 1.165) is 11.1 Å². The van der Waals surface area contributed by atoms with Gasteiger partial charge in [-0.15, -0.1) is 0 Å². The van der Waals surface area contributed by atoms with Crippen molar-refractivity contribution in [1.29, 1.82) is 0 Å². The van der Waals surface area contributed by atoms with Gasteiger partial charge in [0.25, 0.3) is 0 Å². The molecule has 18 heavy (non-hydrogen) atoms. The fraction of sp³-hybridized carbons (Fsp3) is 0.500. The molecule has 1 aromatic carbocycles. The number of carbonyl (C=O) groups excluding carboxylic acids is 1. The minimum absolute atomic E-state index is 0.0979.